The molecule has 5 aliphatic rings. The van der Waals surface area contributed by atoms with E-state index in [4.69, 9.17) is 14.2 Å². The summed E-state index contributed by atoms with van der Waals surface area (Å²) < 4.78 is 43.1. The third-order valence-electron chi connectivity index (χ3n) is 13.0. The van der Waals surface area contributed by atoms with Gasteiger partial charge >= 0.3 is 0 Å². The van der Waals surface area contributed by atoms with Crippen molar-refractivity contribution in [3.63, 3.8) is 0 Å². The fourth-order valence-electron chi connectivity index (χ4n) is 9.73. The van der Waals surface area contributed by atoms with Gasteiger partial charge in [-0.25, -0.2) is 18.3 Å². The third-order valence-corrected chi connectivity index (χ3v) is 13.0. The van der Waals surface area contributed by atoms with Crippen molar-refractivity contribution in [3.8, 4) is 0 Å². The van der Waals surface area contributed by atoms with Crippen molar-refractivity contribution in [3.05, 3.63) is 59.8 Å². The molecule has 5 aromatic rings. The monoisotopic (exact) mass is 826 g/mol. The van der Waals surface area contributed by atoms with Crippen LogP contribution in [-0.4, -0.2) is 128 Å². The second kappa shape index (κ2) is 16.2. The zero-order valence-electron chi connectivity index (χ0n) is 33.1. The van der Waals surface area contributed by atoms with Gasteiger partial charge in [0.05, 0.1) is 48.3 Å². The number of nitrogens with zero attached hydrogens (tertiary/aromatic N) is 9. The maximum atomic E-state index is 14.3. The summed E-state index contributed by atoms with van der Waals surface area (Å²) in [7, 11) is 0. The number of hydrogen-bond donors (Lipinski definition) is 3. The fourth-order valence-corrected chi connectivity index (χ4v) is 9.73. The Balaban J connectivity index is 0.690. The van der Waals surface area contributed by atoms with Crippen LogP contribution < -0.4 is 20.9 Å². The largest absolute Gasteiger partial charge is 0.381 e. The topological polar surface area (TPSA) is 180 Å². The minimum absolute atomic E-state index is 0.00338. The van der Waals surface area contributed by atoms with E-state index in [1.54, 1.807) is 17.1 Å². The number of ether oxygens (including phenoxy) is 1. The van der Waals surface area contributed by atoms with Crippen LogP contribution in [0.5, 0.6) is 0 Å². The second-order valence-corrected chi connectivity index (χ2v) is 16.8. The van der Waals surface area contributed by atoms with Crippen molar-refractivity contribution in [2.24, 2.45) is 5.92 Å². The first kappa shape index (κ1) is 38.7. The lowest BCUT2D eigenvalue weighted by atomic mass is 9.85. The van der Waals surface area contributed by atoms with Gasteiger partial charge in [0.1, 0.15) is 17.1 Å². The van der Waals surface area contributed by atoms with E-state index in [1.165, 1.54) is 10.7 Å². The summed E-state index contributed by atoms with van der Waals surface area (Å²) in [4.78, 5) is 49.5. The molecule has 19 heteroatoms. The van der Waals surface area contributed by atoms with Crippen molar-refractivity contribution in [2.75, 3.05) is 74.5 Å². The molecule has 1 unspecified atom stereocenters. The molecule has 1 aromatic carbocycles. The van der Waals surface area contributed by atoms with Crippen LogP contribution in [0.15, 0.2) is 47.4 Å². The molecule has 8 heterocycles. The number of aromatic nitrogens is 6. The molecule has 1 aliphatic carbocycles. The molecule has 3 N–H and O–H groups in total. The first-order chi connectivity index (χ1) is 29.2. The van der Waals surface area contributed by atoms with Crippen LogP contribution in [0.3, 0.4) is 0 Å². The van der Waals surface area contributed by atoms with E-state index >= 15 is 0 Å². The summed E-state index contributed by atoms with van der Waals surface area (Å²) in [5.41, 5.74) is 2.12. The number of halogens is 2. The summed E-state index contributed by atoms with van der Waals surface area (Å²) >= 11 is 0. The van der Waals surface area contributed by atoms with E-state index in [0.717, 1.165) is 101 Å². The molecule has 17 nitrogen and oxygen atoms in total. The Morgan fingerprint density at radius 1 is 1.00 bits per heavy atom. The maximum Gasteiger partial charge on any atom is 0.284 e. The minimum Gasteiger partial charge on any atom is -0.381 e. The highest BCUT2D eigenvalue weighted by atomic mass is 19.3. The summed E-state index contributed by atoms with van der Waals surface area (Å²) in [6.07, 6.45) is 7.30. The molecule has 4 aromatic heterocycles. The first-order valence-electron chi connectivity index (χ1n) is 21.1. The molecule has 60 heavy (non-hydrogen) atoms. The van der Waals surface area contributed by atoms with Gasteiger partial charge in [0.25, 0.3) is 12.3 Å². The molecule has 5 fully saturated rings. The van der Waals surface area contributed by atoms with Crippen molar-refractivity contribution < 1.29 is 32.4 Å². The maximum absolute atomic E-state index is 14.3. The number of hydrogen-bond acceptors (Lipinski definition) is 13. The number of alkyl halides is 2. The quantitative estimate of drug-likeness (QED) is 0.153. The van der Waals surface area contributed by atoms with Gasteiger partial charge in [0, 0.05) is 76.6 Å². The third kappa shape index (κ3) is 7.57. The predicted octanol–water partition coefficient (Wildman–Crippen LogP) is 4.22. The number of benzene rings is 1. The van der Waals surface area contributed by atoms with Crippen LogP contribution in [0.4, 0.5) is 26.0 Å². The van der Waals surface area contributed by atoms with Crippen molar-refractivity contribution in [2.45, 2.75) is 75.5 Å². The Labute approximate surface area is 343 Å². The lowest BCUT2D eigenvalue weighted by molar-refractivity contribution is -0.134. The second-order valence-electron chi connectivity index (χ2n) is 16.8. The zero-order valence-corrected chi connectivity index (χ0v) is 33.1. The molecule has 4 saturated heterocycles. The molecule has 3 atom stereocenters. The number of carbonyl (C=O) groups excluding carboxylic acids is 3. The molecular formula is C41H48F2N12O5. The van der Waals surface area contributed by atoms with Crippen LogP contribution in [0.2, 0.25) is 0 Å². The Kier molecular flexibility index (Phi) is 10.4. The number of para-hydroxylation sites is 1. The highest BCUT2D eigenvalue weighted by Crippen LogP contribution is 2.37. The number of fused-ring (bicyclic) bond motifs is 4. The van der Waals surface area contributed by atoms with E-state index < -0.39 is 23.9 Å². The number of rotatable bonds is 12. The van der Waals surface area contributed by atoms with E-state index in [-0.39, 0.29) is 47.7 Å². The van der Waals surface area contributed by atoms with Crippen molar-refractivity contribution in [1.29, 1.82) is 0 Å². The number of morpholine rings is 1. The van der Waals surface area contributed by atoms with Crippen molar-refractivity contribution in [1.82, 2.24) is 44.7 Å². The van der Waals surface area contributed by atoms with Gasteiger partial charge < -0.3 is 29.7 Å². The average molecular weight is 827 g/mol. The van der Waals surface area contributed by atoms with Gasteiger partial charge in [-0.3, -0.25) is 29.3 Å². The molecule has 4 aliphatic heterocycles. The number of imide groups is 1. The Morgan fingerprint density at radius 3 is 2.60 bits per heavy atom. The van der Waals surface area contributed by atoms with E-state index in [0.29, 0.717) is 35.9 Å². The van der Waals surface area contributed by atoms with Gasteiger partial charge in [0.15, 0.2) is 16.9 Å². The normalized spacial score (nSPS) is 25.2. The fraction of sp³-hybridized carbons (Fsp3) is 0.537. The Bertz CT molecular complexity index is 2400. The molecule has 1 saturated carbocycles. The van der Waals surface area contributed by atoms with E-state index in [1.807, 2.05) is 24.3 Å². The minimum atomic E-state index is -2.85. The standard InChI is InChI=1S/C41H48F2N12O5/c42-38(43)36-32(46-41(58)30-19-45-54-12-10-33(47-39(30)54)53-21-27-18-26(53)23-59-27)22-55(49-36)25-6-4-24(5-7-25)20-52-16-14-51(15-17-52)13-11-44-31-3-1-2-28-35(50-60-37(28)31)29-8-9-34(56)48-40(29)57/h1-3,10,12,19,22,24-27,29,38,44H,4-9,11,13-18,20-21,23H2,(H,46,58)(H,48,56,57)/t24?,25?,26-,27-,29?/m1/s1. The van der Waals surface area contributed by atoms with Gasteiger partial charge in [-0.05, 0) is 62.6 Å². The molecular weight excluding hydrogens is 779 g/mol. The first-order valence-corrected chi connectivity index (χ1v) is 21.1. The Hall–Kier alpha value is -5.53. The summed E-state index contributed by atoms with van der Waals surface area (Å²) in [6.45, 7) is 7.86. The molecule has 3 amide bonds. The lowest BCUT2D eigenvalue weighted by Gasteiger charge is -2.38. The number of carbonyl (C=O) groups is 3. The number of amides is 3. The average Bonchev–Trinajstić information content (AvgIpc) is 4.11. The molecule has 2 bridgehead atoms. The SMILES string of the molecule is O=C1CCC(c2noc3c(NCCN4CCN(CC5CCC(n6cc(NC(=O)c7cnn8ccc(N9C[C@H]%10C[C@@H]9CO%10)nc78)c(C(F)F)n6)CC5)CC4)cccc23)C(=O)N1. The van der Waals surface area contributed by atoms with E-state index in [9.17, 15) is 23.2 Å². The summed E-state index contributed by atoms with van der Waals surface area (Å²) in [6, 6.07) is 7.85. The molecule has 10 rings (SSSR count). The van der Waals surface area contributed by atoms with Gasteiger partial charge in [0.2, 0.25) is 11.8 Å². The van der Waals surface area contributed by atoms with Crippen LogP contribution in [0.25, 0.3) is 16.6 Å². The number of anilines is 3. The summed E-state index contributed by atoms with van der Waals surface area (Å²) in [5.74, 6) is -0.410. The predicted molar refractivity (Wildman–Crippen MR) is 215 cm³/mol. The Morgan fingerprint density at radius 2 is 1.83 bits per heavy atom. The number of piperazine rings is 1. The highest BCUT2D eigenvalue weighted by Gasteiger charge is 2.40. The van der Waals surface area contributed by atoms with Crippen LogP contribution in [0.1, 0.15) is 85.1 Å². The van der Waals surface area contributed by atoms with Gasteiger partial charge in [-0.15, -0.1) is 0 Å². The van der Waals surface area contributed by atoms with E-state index in [2.05, 4.69) is 46.0 Å². The molecule has 0 radical (unpaired) electrons. The lowest BCUT2D eigenvalue weighted by Crippen LogP contribution is -2.49. The van der Waals surface area contributed by atoms with Gasteiger partial charge in [-0.1, -0.05) is 11.2 Å². The smallest absolute Gasteiger partial charge is 0.284 e. The number of nitrogens with one attached hydrogen (secondary N) is 3. The molecule has 0 spiro atoms. The van der Waals surface area contributed by atoms with Gasteiger partial charge in [-0.2, -0.15) is 10.2 Å². The summed E-state index contributed by atoms with van der Waals surface area (Å²) in [5, 5.41) is 22.2. The highest BCUT2D eigenvalue weighted by molar-refractivity contribution is 6.08. The van der Waals surface area contributed by atoms with Crippen LogP contribution in [-0.2, 0) is 14.3 Å². The van der Waals surface area contributed by atoms with Crippen LogP contribution >= 0.6 is 0 Å². The van der Waals surface area contributed by atoms with Crippen molar-refractivity contribution >= 4 is 51.5 Å². The molecule has 316 valence electrons. The number of piperidine rings is 1. The van der Waals surface area contributed by atoms with Crippen LogP contribution in [0, 0.1) is 5.92 Å². The zero-order chi connectivity index (χ0) is 40.9.